The summed E-state index contributed by atoms with van der Waals surface area (Å²) in [4.78, 5) is 6.90. The van der Waals surface area contributed by atoms with Gasteiger partial charge < -0.3 is 10.2 Å². The summed E-state index contributed by atoms with van der Waals surface area (Å²) in [5.41, 5.74) is 3.29. The van der Waals surface area contributed by atoms with Gasteiger partial charge in [-0.05, 0) is 56.7 Å². The third kappa shape index (κ3) is 4.08. The van der Waals surface area contributed by atoms with Crippen LogP contribution in [0.15, 0.2) is 24.4 Å². The first kappa shape index (κ1) is 16.1. The third-order valence-electron chi connectivity index (χ3n) is 3.87. The van der Waals surface area contributed by atoms with Crippen molar-refractivity contribution in [3.63, 3.8) is 0 Å². The van der Waals surface area contributed by atoms with Gasteiger partial charge in [0.1, 0.15) is 0 Å². The molecule has 0 fully saturated rings. The Morgan fingerprint density at radius 1 is 1.24 bits per heavy atom. The molecule has 2 rings (SSSR count). The van der Waals surface area contributed by atoms with Gasteiger partial charge in [-0.2, -0.15) is 0 Å². The molecule has 2 aromatic rings. The molecular weight excluding hydrogens is 282 g/mol. The number of rotatable bonds is 7. The standard InChI is InChI=1S/C17H24ClN3/c1-4-21(5-2)10-6-9-19-17-13(3)12-20-16-11-14(18)7-8-15(16)17/h7-8,11-12H,4-6,9-10H2,1-3H3,(H,19,20). The molecule has 0 saturated carbocycles. The summed E-state index contributed by atoms with van der Waals surface area (Å²) in [6, 6.07) is 5.88. The lowest BCUT2D eigenvalue weighted by molar-refractivity contribution is 0.303. The van der Waals surface area contributed by atoms with Crippen LogP contribution >= 0.6 is 11.6 Å². The first-order valence-electron chi connectivity index (χ1n) is 7.66. The van der Waals surface area contributed by atoms with Crippen molar-refractivity contribution in [2.75, 3.05) is 31.5 Å². The maximum Gasteiger partial charge on any atom is 0.0737 e. The summed E-state index contributed by atoms with van der Waals surface area (Å²) in [6.45, 7) is 10.8. The van der Waals surface area contributed by atoms with Gasteiger partial charge in [-0.15, -0.1) is 0 Å². The predicted molar refractivity (Wildman–Crippen MR) is 92.4 cm³/mol. The number of benzene rings is 1. The molecule has 21 heavy (non-hydrogen) atoms. The predicted octanol–water partition coefficient (Wildman–Crippen LogP) is 4.34. The van der Waals surface area contributed by atoms with Crippen LogP contribution in [-0.2, 0) is 0 Å². The van der Waals surface area contributed by atoms with Crippen molar-refractivity contribution >= 4 is 28.2 Å². The number of halogens is 1. The van der Waals surface area contributed by atoms with Crippen LogP contribution in [0, 0.1) is 6.92 Å². The van der Waals surface area contributed by atoms with Crippen molar-refractivity contribution in [1.82, 2.24) is 9.88 Å². The van der Waals surface area contributed by atoms with E-state index in [9.17, 15) is 0 Å². The summed E-state index contributed by atoms with van der Waals surface area (Å²) >= 11 is 6.04. The number of pyridine rings is 1. The van der Waals surface area contributed by atoms with Crippen molar-refractivity contribution in [3.8, 4) is 0 Å². The molecule has 1 aromatic carbocycles. The highest BCUT2D eigenvalue weighted by Crippen LogP contribution is 2.27. The summed E-state index contributed by atoms with van der Waals surface area (Å²) in [5, 5.41) is 5.44. The van der Waals surface area contributed by atoms with Crippen molar-refractivity contribution < 1.29 is 0 Å². The van der Waals surface area contributed by atoms with E-state index in [1.807, 2.05) is 24.4 Å². The minimum atomic E-state index is 0.728. The van der Waals surface area contributed by atoms with E-state index < -0.39 is 0 Å². The van der Waals surface area contributed by atoms with Crippen LogP contribution in [0.2, 0.25) is 5.02 Å². The smallest absolute Gasteiger partial charge is 0.0737 e. The molecule has 1 aromatic heterocycles. The van der Waals surface area contributed by atoms with E-state index in [2.05, 4.69) is 36.0 Å². The van der Waals surface area contributed by atoms with Gasteiger partial charge in [0, 0.05) is 28.8 Å². The van der Waals surface area contributed by atoms with Gasteiger partial charge in [0.15, 0.2) is 0 Å². The first-order valence-corrected chi connectivity index (χ1v) is 8.04. The zero-order chi connectivity index (χ0) is 15.2. The third-order valence-corrected chi connectivity index (χ3v) is 4.10. The molecule has 0 aliphatic rings. The van der Waals surface area contributed by atoms with Gasteiger partial charge in [0.25, 0.3) is 0 Å². The number of aromatic nitrogens is 1. The molecule has 0 aliphatic carbocycles. The van der Waals surface area contributed by atoms with E-state index in [1.54, 1.807) is 0 Å². The maximum absolute atomic E-state index is 6.04. The summed E-state index contributed by atoms with van der Waals surface area (Å²) < 4.78 is 0. The number of fused-ring (bicyclic) bond motifs is 1. The van der Waals surface area contributed by atoms with Crippen LogP contribution in [0.4, 0.5) is 5.69 Å². The van der Waals surface area contributed by atoms with Gasteiger partial charge in [0.05, 0.1) is 5.52 Å². The highest BCUT2D eigenvalue weighted by molar-refractivity contribution is 6.31. The van der Waals surface area contributed by atoms with E-state index in [-0.39, 0.29) is 0 Å². The Balaban J connectivity index is 2.06. The fourth-order valence-electron chi connectivity index (χ4n) is 2.56. The van der Waals surface area contributed by atoms with Crippen LogP contribution in [0.1, 0.15) is 25.8 Å². The van der Waals surface area contributed by atoms with Crippen LogP contribution in [0.3, 0.4) is 0 Å². The highest BCUT2D eigenvalue weighted by Gasteiger charge is 2.06. The number of nitrogens with one attached hydrogen (secondary N) is 1. The molecule has 0 amide bonds. The second-order valence-corrected chi connectivity index (χ2v) is 5.72. The number of hydrogen-bond donors (Lipinski definition) is 1. The van der Waals surface area contributed by atoms with Gasteiger partial charge >= 0.3 is 0 Å². The Hall–Kier alpha value is -1.32. The molecule has 3 nitrogen and oxygen atoms in total. The van der Waals surface area contributed by atoms with E-state index in [4.69, 9.17) is 11.6 Å². The summed E-state index contributed by atoms with van der Waals surface area (Å²) in [6.07, 6.45) is 3.05. The average molecular weight is 306 g/mol. The number of hydrogen-bond acceptors (Lipinski definition) is 3. The Labute approximate surface area is 132 Å². The summed E-state index contributed by atoms with van der Waals surface area (Å²) in [7, 11) is 0. The van der Waals surface area contributed by atoms with Crippen LogP contribution in [0.25, 0.3) is 10.9 Å². The van der Waals surface area contributed by atoms with E-state index in [0.717, 1.165) is 48.5 Å². The molecule has 0 bridgehead atoms. The minimum Gasteiger partial charge on any atom is -0.384 e. The van der Waals surface area contributed by atoms with Gasteiger partial charge in [-0.3, -0.25) is 4.98 Å². The van der Waals surface area contributed by atoms with E-state index in [0.29, 0.717) is 0 Å². The molecule has 0 spiro atoms. The van der Waals surface area contributed by atoms with E-state index >= 15 is 0 Å². The van der Waals surface area contributed by atoms with Gasteiger partial charge in [0.2, 0.25) is 0 Å². The van der Waals surface area contributed by atoms with Crippen LogP contribution < -0.4 is 5.32 Å². The Kier molecular flexibility index (Phi) is 5.83. The van der Waals surface area contributed by atoms with Crippen LogP contribution in [-0.4, -0.2) is 36.1 Å². The van der Waals surface area contributed by atoms with Crippen molar-refractivity contribution in [1.29, 1.82) is 0 Å². The lowest BCUT2D eigenvalue weighted by Gasteiger charge is -2.18. The highest BCUT2D eigenvalue weighted by atomic mass is 35.5. The maximum atomic E-state index is 6.04. The minimum absolute atomic E-state index is 0.728. The quantitative estimate of drug-likeness (QED) is 0.771. The molecule has 0 saturated heterocycles. The van der Waals surface area contributed by atoms with Crippen molar-refractivity contribution in [2.45, 2.75) is 27.2 Å². The van der Waals surface area contributed by atoms with E-state index in [1.165, 1.54) is 11.3 Å². The molecule has 0 aliphatic heterocycles. The molecule has 0 radical (unpaired) electrons. The fourth-order valence-corrected chi connectivity index (χ4v) is 2.72. The zero-order valence-electron chi connectivity index (χ0n) is 13.1. The topological polar surface area (TPSA) is 28.2 Å². The van der Waals surface area contributed by atoms with Crippen LogP contribution in [0.5, 0.6) is 0 Å². The molecule has 0 atom stereocenters. The average Bonchev–Trinajstić information content (AvgIpc) is 2.49. The molecule has 114 valence electrons. The number of aryl methyl sites for hydroxylation is 1. The SMILES string of the molecule is CCN(CC)CCCNc1c(C)cnc2cc(Cl)ccc12. The Morgan fingerprint density at radius 2 is 2.00 bits per heavy atom. The number of anilines is 1. The monoisotopic (exact) mass is 305 g/mol. The Morgan fingerprint density at radius 3 is 2.71 bits per heavy atom. The second-order valence-electron chi connectivity index (χ2n) is 5.28. The lowest BCUT2D eigenvalue weighted by atomic mass is 10.1. The largest absolute Gasteiger partial charge is 0.384 e. The van der Waals surface area contributed by atoms with Crippen molar-refractivity contribution in [2.24, 2.45) is 0 Å². The molecule has 1 heterocycles. The van der Waals surface area contributed by atoms with Gasteiger partial charge in [-0.1, -0.05) is 25.4 Å². The zero-order valence-corrected chi connectivity index (χ0v) is 13.9. The molecule has 0 unspecified atom stereocenters. The molecule has 1 N–H and O–H groups in total. The molecular formula is C17H24ClN3. The normalized spacial score (nSPS) is 11.3. The first-order chi connectivity index (χ1) is 10.2. The number of nitrogens with zero attached hydrogens (tertiary/aromatic N) is 2. The van der Waals surface area contributed by atoms with Crippen molar-refractivity contribution in [3.05, 3.63) is 35.0 Å². The second kappa shape index (κ2) is 7.62. The summed E-state index contributed by atoms with van der Waals surface area (Å²) in [5.74, 6) is 0. The van der Waals surface area contributed by atoms with Gasteiger partial charge in [-0.25, -0.2) is 0 Å². The Bertz CT molecular complexity index is 594. The molecule has 4 heteroatoms. The lowest BCUT2D eigenvalue weighted by Crippen LogP contribution is -2.25. The fraction of sp³-hybridized carbons (Fsp3) is 0.471.